The van der Waals surface area contributed by atoms with Crippen LogP contribution in [0.5, 0.6) is 0 Å². The van der Waals surface area contributed by atoms with E-state index >= 15 is 0 Å². The highest BCUT2D eigenvalue weighted by molar-refractivity contribution is 5.86. The quantitative estimate of drug-likeness (QED) is 0.454. The van der Waals surface area contributed by atoms with Gasteiger partial charge in [0.15, 0.2) is 11.5 Å². The molecule has 0 atom stereocenters. The van der Waals surface area contributed by atoms with Crippen molar-refractivity contribution in [2.24, 2.45) is 0 Å². The van der Waals surface area contributed by atoms with Crippen LogP contribution < -0.4 is 0 Å². The number of rotatable bonds is 4. The Morgan fingerprint density at radius 1 is 1.53 bits per heavy atom. The van der Waals surface area contributed by atoms with E-state index in [1.54, 1.807) is 6.92 Å². The first-order chi connectivity index (χ1) is 9.11. The largest absolute Gasteiger partial charge is 0.461 e. The molecule has 2 heterocycles. The van der Waals surface area contributed by atoms with Gasteiger partial charge in [-0.1, -0.05) is 5.21 Å². The van der Waals surface area contributed by atoms with Crippen LogP contribution in [0.4, 0.5) is 5.69 Å². The van der Waals surface area contributed by atoms with E-state index < -0.39 is 10.9 Å². The molecule has 2 aromatic heterocycles. The number of esters is 1. The summed E-state index contributed by atoms with van der Waals surface area (Å²) in [6.07, 6.45) is 2.44. The number of aromatic nitrogens is 4. The fourth-order valence-electron chi connectivity index (χ4n) is 1.30. The zero-order valence-corrected chi connectivity index (χ0v) is 9.89. The molecule has 0 spiro atoms. The summed E-state index contributed by atoms with van der Waals surface area (Å²) >= 11 is 0. The smallest absolute Gasteiger partial charge is 0.360 e. The molecule has 0 unspecified atom stereocenters. The van der Waals surface area contributed by atoms with Gasteiger partial charge in [0.2, 0.25) is 0 Å². The second-order valence-electron chi connectivity index (χ2n) is 3.40. The van der Waals surface area contributed by atoms with Crippen molar-refractivity contribution in [2.45, 2.75) is 6.92 Å². The first-order valence-electron chi connectivity index (χ1n) is 5.32. The van der Waals surface area contributed by atoms with Crippen molar-refractivity contribution in [1.82, 2.24) is 20.0 Å². The van der Waals surface area contributed by atoms with Gasteiger partial charge in [0, 0.05) is 6.07 Å². The van der Waals surface area contributed by atoms with E-state index in [9.17, 15) is 14.9 Å². The monoisotopic (exact) mass is 263 g/mol. The van der Waals surface area contributed by atoms with Crippen LogP contribution in [-0.2, 0) is 4.74 Å². The highest BCUT2D eigenvalue weighted by atomic mass is 16.6. The standard InChI is InChI=1S/C10H9N5O4/c1-2-19-10(16)8-6-14(13-12-8)9-4-3-7(5-11-9)15(17)18/h3-6H,2H2,1H3. The molecule has 0 aromatic carbocycles. The van der Waals surface area contributed by atoms with Crippen molar-refractivity contribution in [3.63, 3.8) is 0 Å². The van der Waals surface area contributed by atoms with Gasteiger partial charge in [0.25, 0.3) is 5.69 Å². The molecular formula is C10H9N5O4. The zero-order chi connectivity index (χ0) is 13.8. The van der Waals surface area contributed by atoms with E-state index in [0.29, 0.717) is 5.82 Å². The molecule has 2 aromatic rings. The molecule has 0 N–H and O–H groups in total. The summed E-state index contributed by atoms with van der Waals surface area (Å²) in [7, 11) is 0. The predicted molar refractivity (Wildman–Crippen MR) is 61.8 cm³/mol. The van der Waals surface area contributed by atoms with Gasteiger partial charge < -0.3 is 4.74 Å². The molecule has 0 amide bonds. The highest BCUT2D eigenvalue weighted by Gasteiger charge is 2.13. The van der Waals surface area contributed by atoms with Gasteiger partial charge in [-0.2, -0.15) is 0 Å². The summed E-state index contributed by atoms with van der Waals surface area (Å²) < 4.78 is 6.00. The van der Waals surface area contributed by atoms with Crippen LogP contribution >= 0.6 is 0 Å². The van der Waals surface area contributed by atoms with E-state index in [1.807, 2.05) is 0 Å². The SMILES string of the molecule is CCOC(=O)c1cn(-c2ccc([N+](=O)[O-])cn2)nn1. The summed E-state index contributed by atoms with van der Waals surface area (Å²) in [5, 5.41) is 17.8. The molecule has 0 aliphatic rings. The second-order valence-corrected chi connectivity index (χ2v) is 3.40. The van der Waals surface area contributed by atoms with Crippen LogP contribution in [0.3, 0.4) is 0 Å². The van der Waals surface area contributed by atoms with Crippen LogP contribution in [0.1, 0.15) is 17.4 Å². The number of carbonyl (C=O) groups excluding carboxylic acids is 1. The maximum atomic E-state index is 11.4. The average molecular weight is 263 g/mol. The number of ether oxygens (including phenoxy) is 1. The third kappa shape index (κ3) is 2.70. The van der Waals surface area contributed by atoms with E-state index in [0.717, 1.165) is 6.20 Å². The molecule has 98 valence electrons. The molecule has 0 aliphatic carbocycles. The van der Waals surface area contributed by atoms with Crippen molar-refractivity contribution in [3.8, 4) is 5.82 Å². The first-order valence-corrected chi connectivity index (χ1v) is 5.32. The minimum atomic E-state index is -0.587. The molecule has 9 heteroatoms. The first kappa shape index (κ1) is 12.6. The zero-order valence-electron chi connectivity index (χ0n) is 9.89. The molecule has 0 aliphatic heterocycles. The average Bonchev–Trinajstić information content (AvgIpc) is 2.89. The molecule has 0 saturated carbocycles. The Labute approximate surface area is 107 Å². The van der Waals surface area contributed by atoms with E-state index in [2.05, 4.69) is 15.3 Å². The molecule has 9 nitrogen and oxygen atoms in total. The normalized spacial score (nSPS) is 10.2. The van der Waals surface area contributed by atoms with Gasteiger partial charge in [0.05, 0.1) is 17.7 Å². The Morgan fingerprint density at radius 2 is 2.32 bits per heavy atom. The van der Waals surface area contributed by atoms with Gasteiger partial charge in [-0.3, -0.25) is 10.1 Å². The van der Waals surface area contributed by atoms with Gasteiger partial charge in [0.1, 0.15) is 6.20 Å². The number of carbonyl (C=O) groups is 1. The van der Waals surface area contributed by atoms with Crippen LogP contribution in [0, 0.1) is 10.1 Å². The summed E-state index contributed by atoms with van der Waals surface area (Å²) in [6, 6.07) is 2.69. The molecule has 19 heavy (non-hydrogen) atoms. The Balaban J connectivity index is 2.23. The van der Waals surface area contributed by atoms with Crippen molar-refractivity contribution >= 4 is 11.7 Å². The molecule has 0 radical (unpaired) electrons. The summed E-state index contributed by atoms with van der Waals surface area (Å²) in [5.74, 6) is -0.274. The highest BCUT2D eigenvalue weighted by Crippen LogP contribution is 2.11. The number of nitro groups is 1. The lowest BCUT2D eigenvalue weighted by molar-refractivity contribution is -0.385. The van der Waals surface area contributed by atoms with Gasteiger partial charge in [-0.15, -0.1) is 5.10 Å². The topological polar surface area (TPSA) is 113 Å². The van der Waals surface area contributed by atoms with Gasteiger partial charge in [-0.25, -0.2) is 14.5 Å². The molecular weight excluding hydrogens is 254 g/mol. The fourth-order valence-corrected chi connectivity index (χ4v) is 1.30. The molecule has 2 rings (SSSR count). The molecule has 0 bridgehead atoms. The van der Waals surface area contributed by atoms with Crippen molar-refractivity contribution in [1.29, 1.82) is 0 Å². The minimum absolute atomic E-state index is 0.0435. The van der Waals surface area contributed by atoms with Crippen LogP contribution in [-0.4, -0.2) is 37.5 Å². The summed E-state index contributed by atoms with van der Waals surface area (Å²) in [4.78, 5) is 25.2. The van der Waals surface area contributed by atoms with E-state index in [1.165, 1.54) is 23.0 Å². The van der Waals surface area contributed by atoms with E-state index in [4.69, 9.17) is 4.74 Å². The molecule has 0 fully saturated rings. The maximum absolute atomic E-state index is 11.4. The Kier molecular flexibility index (Phi) is 3.46. The van der Waals surface area contributed by atoms with Gasteiger partial charge in [-0.05, 0) is 13.0 Å². The third-order valence-corrected chi connectivity index (χ3v) is 2.16. The number of hydrogen-bond acceptors (Lipinski definition) is 7. The Morgan fingerprint density at radius 3 is 2.89 bits per heavy atom. The number of pyridine rings is 1. The van der Waals surface area contributed by atoms with Crippen LogP contribution in [0.25, 0.3) is 5.82 Å². The minimum Gasteiger partial charge on any atom is -0.461 e. The Bertz CT molecular complexity index is 607. The predicted octanol–water partition coefficient (Wildman–Crippen LogP) is 0.747. The van der Waals surface area contributed by atoms with Crippen molar-refractivity contribution in [3.05, 3.63) is 40.3 Å². The van der Waals surface area contributed by atoms with Crippen LogP contribution in [0.2, 0.25) is 0 Å². The van der Waals surface area contributed by atoms with Crippen LogP contribution in [0.15, 0.2) is 24.5 Å². The maximum Gasteiger partial charge on any atom is 0.360 e. The lowest BCUT2D eigenvalue weighted by atomic mass is 10.4. The van der Waals surface area contributed by atoms with Crippen molar-refractivity contribution in [2.75, 3.05) is 6.61 Å². The number of hydrogen-bond donors (Lipinski definition) is 0. The van der Waals surface area contributed by atoms with E-state index in [-0.39, 0.29) is 18.0 Å². The van der Waals surface area contributed by atoms with Crippen molar-refractivity contribution < 1.29 is 14.5 Å². The second kappa shape index (κ2) is 5.21. The summed E-state index contributed by atoms with van der Waals surface area (Å²) in [6.45, 7) is 1.92. The third-order valence-electron chi connectivity index (χ3n) is 2.16. The molecule has 0 saturated heterocycles. The summed E-state index contributed by atoms with van der Waals surface area (Å²) in [5.41, 5.74) is -0.0866. The van der Waals surface area contributed by atoms with Gasteiger partial charge >= 0.3 is 5.97 Å². The lowest BCUT2D eigenvalue weighted by Gasteiger charge is -1.97. The fraction of sp³-hybridized carbons (Fsp3) is 0.200. The lowest BCUT2D eigenvalue weighted by Crippen LogP contribution is -2.04. The number of nitrogens with zero attached hydrogens (tertiary/aromatic N) is 5. The Hall–Kier alpha value is -2.84.